The molecule has 5 heteroatoms. The molecule has 1 aliphatic rings. The monoisotopic (exact) mass is 348 g/mol. The Morgan fingerprint density at radius 3 is 2.73 bits per heavy atom. The summed E-state index contributed by atoms with van der Waals surface area (Å²) in [4.78, 5) is 22.6. The number of hydrogen-bond donors (Lipinski definition) is 2. The minimum atomic E-state index is -0.107. The fourth-order valence-corrected chi connectivity index (χ4v) is 3.90. The average molecular weight is 348 g/mol. The Kier molecular flexibility index (Phi) is 4.47. The number of rotatable bonds is 4. The Bertz CT molecular complexity index is 895. The smallest absolute Gasteiger partial charge is 0.270 e. The molecule has 0 atom stereocenters. The Morgan fingerprint density at radius 2 is 1.96 bits per heavy atom. The maximum Gasteiger partial charge on any atom is 0.270 e. The molecule has 0 aliphatic carbocycles. The fraction of sp³-hybridized carbons (Fsp3) is 0.333. The Labute approximate surface area is 153 Å². The lowest BCUT2D eigenvalue weighted by atomic mass is 9.72. The second-order valence-electron chi connectivity index (χ2n) is 7.23. The van der Waals surface area contributed by atoms with Gasteiger partial charge in [0, 0.05) is 35.3 Å². The number of carbonyl (C=O) groups excluding carboxylic acids is 1. The molecule has 2 aromatic heterocycles. The number of nitrogens with zero attached hydrogens (tertiary/aromatic N) is 2. The third kappa shape index (κ3) is 3.10. The summed E-state index contributed by atoms with van der Waals surface area (Å²) in [5.74, 6) is -0.107. The van der Waals surface area contributed by atoms with Crippen LogP contribution in [-0.2, 0) is 5.41 Å². The second-order valence-corrected chi connectivity index (χ2v) is 7.23. The van der Waals surface area contributed by atoms with E-state index in [1.165, 1.54) is 5.56 Å². The number of hydrogen-bond acceptors (Lipinski definition) is 3. The summed E-state index contributed by atoms with van der Waals surface area (Å²) in [5.41, 5.74) is 2.71. The number of H-pyrrole nitrogens is 1. The SMILES string of the molecule is CN1CCC(CNC(=O)c2nccc3[nH]ccc23)(c2ccccc2)CC1. The molecule has 1 aliphatic heterocycles. The molecule has 0 bridgehead atoms. The first-order valence-electron chi connectivity index (χ1n) is 9.12. The van der Waals surface area contributed by atoms with Crippen LogP contribution in [0.2, 0.25) is 0 Å². The number of amides is 1. The molecule has 1 aromatic carbocycles. The number of likely N-dealkylation sites (tertiary alicyclic amines) is 1. The van der Waals surface area contributed by atoms with Crippen molar-refractivity contribution in [2.75, 3.05) is 26.7 Å². The Morgan fingerprint density at radius 1 is 1.19 bits per heavy atom. The topological polar surface area (TPSA) is 61.0 Å². The van der Waals surface area contributed by atoms with Gasteiger partial charge in [-0.3, -0.25) is 9.78 Å². The van der Waals surface area contributed by atoms with Gasteiger partial charge in [-0.1, -0.05) is 30.3 Å². The van der Waals surface area contributed by atoms with Gasteiger partial charge in [0.05, 0.1) is 0 Å². The normalized spacial score (nSPS) is 17.3. The van der Waals surface area contributed by atoms with Crippen molar-refractivity contribution < 1.29 is 4.79 Å². The van der Waals surface area contributed by atoms with Crippen LogP contribution in [0.4, 0.5) is 0 Å². The number of nitrogens with one attached hydrogen (secondary N) is 2. The van der Waals surface area contributed by atoms with Crippen molar-refractivity contribution in [2.45, 2.75) is 18.3 Å². The van der Waals surface area contributed by atoms with Gasteiger partial charge in [0.2, 0.25) is 0 Å². The zero-order valence-electron chi connectivity index (χ0n) is 15.0. The zero-order valence-corrected chi connectivity index (χ0v) is 15.0. The van der Waals surface area contributed by atoms with Gasteiger partial charge in [-0.25, -0.2) is 0 Å². The summed E-state index contributed by atoms with van der Waals surface area (Å²) < 4.78 is 0. The highest BCUT2D eigenvalue weighted by Crippen LogP contribution is 2.34. The maximum atomic E-state index is 12.8. The number of aromatic amines is 1. The van der Waals surface area contributed by atoms with Crippen molar-refractivity contribution >= 4 is 16.8 Å². The van der Waals surface area contributed by atoms with Crippen LogP contribution in [0.15, 0.2) is 54.9 Å². The quantitative estimate of drug-likeness (QED) is 0.762. The number of aromatic nitrogens is 2. The van der Waals surface area contributed by atoms with E-state index >= 15 is 0 Å². The van der Waals surface area contributed by atoms with Gasteiger partial charge in [0.25, 0.3) is 5.91 Å². The van der Waals surface area contributed by atoms with E-state index in [0.29, 0.717) is 12.2 Å². The highest BCUT2D eigenvalue weighted by atomic mass is 16.1. The van der Waals surface area contributed by atoms with Gasteiger partial charge in [-0.15, -0.1) is 0 Å². The number of piperidine rings is 1. The molecule has 5 nitrogen and oxygen atoms in total. The van der Waals surface area contributed by atoms with Crippen LogP contribution < -0.4 is 5.32 Å². The van der Waals surface area contributed by atoms with Crippen molar-refractivity contribution in [1.29, 1.82) is 0 Å². The molecule has 1 saturated heterocycles. The van der Waals surface area contributed by atoms with Crippen LogP contribution in [0.3, 0.4) is 0 Å². The highest BCUT2D eigenvalue weighted by molar-refractivity contribution is 6.04. The van der Waals surface area contributed by atoms with E-state index in [9.17, 15) is 4.79 Å². The van der Waals surface area contributed by atoms with Gasteiger partial charge in [0.15, 0.2) is 0 Å². The standard InChI is InChI=1S/C21H24N4O/c1-25-13-9-21(10-14-25,16-5-3-2-4-6-16)15-24-20(26)19-17-7-11-22-18(17)8-12-23-19/h2-8,11-12,22H,9-10,13-15H2,1H3,(H,24,26). The van der Waals surface area contributed by atoms with Crippen molar-refractivity contribution in [3.8, 4) is 0 Å². The molecular weight excluding hydrogens is 324 g/mol. The third-order valence-electron chi connectivity index (χ3n) is 5.61. The van der Waals surface area contributed by atoms with Crippen LogP contribution in [0.1, 0.15) is 28.9 Å². The molecule has 26 heavy (non-hydrogen) atoms. The molecule has 3 aromatic rings. The van der Waals surface area contributed by atoms with E-state index in [1.54, 1.807) is 6.20 Å². The molecule has 1 amide bonds. The van der Waals surface area contributed by atoms with E-state index in [2.05, 4.69) is 51.5 Å². The molecule has 3 heterocycles. The Balaban J connectivity index is 1.57. The first-order valence-corrected chi connectivity index (χ1v) is 9.12. The van der Waals surface area contributed by atoms with E-state index in [1.807, 2.05) is 24.4 Å². The molecule has 1 fully saturated rings. The summed E-state index contributed by atoms with van der Waals surface area (Å²) in [5, 5.41) is 4.03. The molecule has 2 N–H and O–H groups in total. The zero-order chi connectivity index (χ0) is 18.0. The molecule has 0 unspecified atom stereocenters. The van der Waals surface area contributed by atoms with Gasteiger partial charge < -0.3 is 15.2 Å². The van der Waals surface area contributed by atoms with Crippen molar-refractivity contribution in [3.05, 3.63) is 66.1 Å². The van der Waals surface area contributed by atoms with E-state index in [0.717, 1.165) is 36.8 Å². The predicted molar refractivity (Wildman–Crippen MR) is 103 cm³/mol. The van der Waals surface area contributed by atoms with Crippen LogP contribution in [0.25, 0.3) is 10.9 Å². The van der Waals surface area contributed by atoms with Crippen molar-refractivity contribution in [2.24, 2.45) is 0 Å². The van der Waals surface area contributed by atoms with E-state index in [-0.39, 0.29) is 11.3 Å². The van der Waals surface area contributed by atoms with Crippen LogP contribution in [-0.4, -0.2) is 47.5 Å². The minimum Gasteiger partial charge on any atom is -0.361 e. The van der Waals surface area contributed by atoms with Crippen molar-refractivity contribution in [1.82, 2.24) is 20.2 Å². The average Bonchev–Trinajstić information content (AvgIpc) is 3.17. The molecule has 4 rings (SSSR count). The fourth-order valence-electron chi connectivity index (χ4n) is 3.90. The minimum absolute atomic E-state index is 0.0184. The summed E-state index contributed by atoms with van der Waals surface area (Å²) in [6.45, 7) is 2.71. The number of fused-ring (bicyclic) bond motifs is 1. The first-order chi connectivity index (χ1) is 12.7. The van der Waals surface area contributed by atoms with E-state index in [4.69, 9.17) is 0 Å². The lowest BCUT2D eigenvalue weighted by molar-refractivity contribution is 0.0924. The predicted octanol–water partition coefficient (Wildman–Crippen LogP) is 2.96. The molecule has 134 valence electrons. The third-order valence-corrected chi connectivity index (χ3v) is 5.61. The van der Waals surface area contributed by atoms with Gasteiger partial charge in [-0.05, 0) is 50.7 Å². The lowest BCUT2D eigenvalue weighted by Gasteiger charge is -2.41. The Hall–Kier alpha value is -2.66. The largest absolute Gasteiger partial charge is 0.361 e. The van der Waals surface area contributed by atoms with Crippen LogP contribution in [0.5, 0.6) is 0 Å². The summed E-state index contributed by atoms with van der Waals surface area (Å²) >= 11 is 0. The van der Waals surface area contributed by atoms with Gasteiger partial charge in [-0.2, -0.15) is 0 Å². The number of carbonyl (C=O) groups is 1. The molecular formula is C21H24N4O. The second kappa shape index (κ2) is 6.92. The molecule has 0 spiro atoms. The summed E-state index contributed by atoms with van der Waals surface area (Å²) in [7, 11) is 2.16. The summed E-state index contributed by atoms with van der Waals surface area (Å²) in [6, 6.07) is 14.4. The summed E-state index contributed by atoms with van der Waals surface area (Å²) in [6.07, 6.45) is 5.59. The lowest BCUT2D eigenvalue weighted by Crippen LogP contribution is -2.48. The number of benzene rings is 1. The van der Waals surface area contributed by atoms with Gasteiger partial charge >= 0.3 is 0 Å². The van der Waals surface area contributed by atoms with Crippen LogP contribution in [0, 0.1) is 0 Å². The highest BCUT2D eigenvalue weighted by Gasteiger charge is 2.35. The van der Waals surface area contributed by atoms with Gasteiger partial charge in [0.1, 0.15) is 5.69 Å². The van der Waals surface area contributed by atoms with Crippen LogP contribution >= 0.6 is 0 Å². The number of pyridine rings is 1. The van der Waals surface area contributed by atoms with Crippen molar-refractivity contribution in [3.63, 3.8) is 0 Å². The molecule has 0 radical (unpaired) electrons. The first kappa shape index (κ1) is 16.8. The molecule has 0 saturated carbocycles. The van der Waals surface area contributed by atoms with E-state index < -0.39 is 0 Å². The maximum absolute atomic E-state index is 12.8.